The second-order valence-corrected chi connectivity index (χ2v) is 3.86. The second kappa shape index (κ2) is 4.44. The molecule has 1 saturated heterocycles. The molecule has 0 radical (unpaired) electrons. The van der Waals surface area contributed by atoms with E-state index in [4.69, 9.17) is 16.2 Å². The largest absolute Gasteiger partial charge is 0.479 e. The molecule has 88 valence electrons. The zero-order chi connectivity index (χ0) is 11.5. The molecule has 0 aliphatic carbocycles. The van der Waals surface area contributed by atoms with Crippen LogP contribution in [-0.2, 0) is 0 Å². The van der Waals surface area contributed by atoms with Crippen LogP contribution in [0.5, 0.6) is 5.88 Å². The molecule has 0 amide bonds. The first-order valence-corrected chi connectivity index (χ1v) is 5.28. The van der Waals surface area contributed by atoms with Crippen molar-refractivity contribution in [2.24, 2.45) is 0 Å². The Bertz CT molecular complexity index is 376. The van der Waals surface area contributed by atoms with Gasteiger partial charge < -0.3 is 26.8 Å². The SMILES string of the molecule is COc1nc(NC2CCNC2)c(N)cc1N. The predicted molar refractivity (Wildman–Crippen MR) is 64.5 cm³/mol. The van der Waals surface area contributed by atoms with Gasteiger partial charge in [0.15, 0.2) is 5.82 Å². The number of nitrogens with one attached hydrogen (secondary N) is 2. The lowest BCUT2D eigenvalue weighted by Crippen LogP contribution is -2.23. The van der Waals surface area contributed by atoms with Crippen LogP contribution in [0, 0.1) is 0 Å². The van der Waals surface area contributed by atoms with Crippen molar-refractivity contribution in [3.05, 3.63) is 6.07 Å². The molecule has 1 unspecified atom stereocenters. The molecular weight excluding hydrogens is 206 g/mol. The molecule has 1 aliphatic rings. The number of methoxy groups -OCH3 is 1. The number of ether oxygens (including phenoxy) is 1. The number of rotatable bonds is 3. The minimum absolute atomic E-state index is 0.364. The number of nitrogens with zero attached hydrogens (tertiary/aromatic N) is 1. The maximum atomic E-state index is 5.84. The Labute approximate surface area is 94.4 Å². The summed E-state index contributed by atoms with van der Waals surface area (Å²) in [6, 6.07) is 2.03. The number of pyridine rings is 1. The number of hydrogen-bond donors (Lipinski definition) is 4. The number of nitrogen functional groups attached to an aromatic ring is 2. The molecule has 0 bridgehead atoms. The number of nitrogens with two attached hydrogens (primary N) is 2. The quantitative estimate of drug-likeness (QED) is 0.577. The van der Waals surface area contributed by atoms with Crippen LogP contribution in [-0.4, -0.2) is 31.2 Å². The molecule has 6 heteroatoms. The van der Waals surface area contributed by atoms with Crippen LogP contribution in [0.3, 0.4) is 0 Å². The van der Waals surface area contributed by atoms with Gasteiger partial charge in [-0.1, -0.05) is 0 Å². The molecule has 1 atom stereocenters. The lowest BCUT2D eigenvalue weighted by molar-refractivity contribution is 0.401. The lowest BCUT2D eigenvalue weighted by Gasteiger charge is -2.15. The average molecular weight is 223 g/mol. The Hall–Kier alpha value is -1.69. The van der Waals surface area contributed by atoms with Gasteiger partial charge in [0.2, 0.25) is 5.88 Å². The summed E-state index contributed by atoms with van der Waals surface area (Å²) in [5, 5.41) is 6.54. The third-order valence-corrected chi connectivity index (χ3v) is 2.64. The summed E-state index contributed by atoms with van der Waals surface area (Å²) >= 11 is 0. The third kappa shape index (κ3) is 2.11. The standard InChI is InChI=1S/C10H17N5O/c1-16-10-8(12)4-7(11)9(15-10)14-6-2-3-13-5-6/h4,6,13H,2-3,5,11-12H2,1H3,(H,14,15). The highest BCUT2D eigenvalue weighted by atomic mass is 16.5. The van der Waals surface area contributed by atoms with Crippen LogP contribution in [0.15, 0.2) is 6.07 Å². The van der Waals surface area contributed by atoms with Crippen LogP contribution in [0.2, 0.25) is 0 Å². The van der Waals surface area contributed by atoms with E-state index in [1.54, 1.807) is 6.07 Å². The summed E-state index contributed by atoms with van der Waals surface area (Å²) in [6.45, 7) is 1.94. The van der Waals surface area contributed by atoms with Crippen molar-refractivity contribution in [3.8, 4) is 5.88 Å². The fourth-order valence-electron chi connectivity index (χ4n) is 1.78. The molecule has 6 nitrogen and oxygen atoms in total. The van der Waals surface area contributed by atoms with Gasteiger partial charge in [0, 0.05) is 12.6 Å². The van der Waals surface area contributed by atoms with E-state index in [-0.39, 0.29) is 0 Å². The zero-order valence-corrected chi connectivity index (χ0v) is 9.29. The fourth-order valence-corrected chi connectivity index (χ4v) is 1.78. The van der Waals surface area contributed by atoms with Crippen LogP contribution in [0.1, 0.15) is 6.42 Å². The van der Waals surface area contributed by atoms with E-state index < -0.39 is 0 Å². The highest BCUT2D eigenvalue weighted by Gasteiger charge is 2.16. The van der Waals surface area contributed by atoms with E-state index in [1.807, 2.05) is 0 Å². The second-order valence-electron chi connectivity index (χ2n) is 3.86. The maximum absolute atomic E-state index is 5.84. The summed E-state index contributed by atoms with van der Waals surface area (Å²) in [5.74, 6) is 1.04. The topological polar surface area (TPSA) is 98.2 Å². The van der Waals surface area contributed by atoms with E-state index in [0.717, 1.165) is 19.5 Å². The van der Waals surface area contributed by atoms with Crippen LogP contribution < -0.4 is 26.8 Å². The molecule has 2 heterocycles. The van der Waals surface area contributed by atoms with E-state index >= 15 is 0 Å². The monoisotopic (exact) mass is 223 g/mol. The summed E-state index contributed by atoms with van der Waals surface area (Å²) < 4.78 is 5.06. The lowest BCUT2D eigenvalue weighted by atomic mass is 10.2. The first-order valence-electron chi connectivity index (χ1n) is 5.28. The van der Waals surface area contributed by atoms with Crippen LogP contribution in [0.25, 0.3) is 0 Å². The van der Waals surface area contributed by atoms with Gasteiger partial charge in [-0.15, -0.1) is 0 Å². The summed E-state index contributed by atoms with van der Waals surface area (Å²) in [7, 11) is 1.54. The molecule has 16 heavy (non-hydrogen) atoms. The average Bonchev–Trinajstić information content (AvgIpc) is 2.75. The molecular formula is C10H17N5O. The van der Waals surface area contributed by atoms with Crippen molar-refractivity contribution in [3.63, 3.8) is 0 Å². The highest BCUT2D eigenvalue weighted by Crippen LogP contribution is 2.27. The van der Waals surface area contributed by atoms with E-state index in [9.17, 15) is 0 Å². The molecule has 6 N–H and O–H groups in total. The molecule has 1 aromatic rings. The number of anilines is 3. The Balaban J connectivity index is 2.18. The van der Waals surface area contributed by atoms with Gasteiger partial charge in [-0.05, 0) is 19.0 Å². The number of hydrogen-bond acceptors (Lipinski definition) is 6. The summed E-state index contributed by atoms with van der Waals surface area (Å²) in [5.41, 5.74) is 12.5. The van der Waals surface area contributed by atoms with Crippen LogP contribution in [0.4, 0.5) is 17.2 Å². The van der Waals surface area contributed by atoms with Crippen molar-refractivity contribution < 1.29 is 4.74 Å². The fraction of sp³-hybridized carbons (Fsp3) is 0.500. The van der Waals surface area contributed by atoms with Gasteiger partial charge in [0.05, 0.1) is 18.5 Å². The van der Waals surface area contributed by atoms with Gasteiger partial charge in [0.25, 0.3) is 0 Å². The molecule has 0 saturated carbocycles. The molecule has 1 aromatic heterocycles. The van der Waals surface area contributed by atoms with E-state index in [1.165, 1.54) is 7.11 Å². The van der Waals surface area contributed by atoms with Gasteiger partial charge in [-0.2, -0.15) is 4.98 Å². The molecule has 0 spiro atoms. The Morgan fingerprint density at radius 3 is 2.94 bits per heavy atom. The van der Waals surface area contributed by atoms with Crippen molar-refractivity contribution in [2.45, 2.75) is 12.5 Å². The number of aromatic nitrogens is 1. The molecule has 1 aliphatic heterocycles. The van der Waals surface area contributed by atoms with E-state index in [0.29, 0.717) is 29.1 Å². The minimum atomic E-state index is 0.364. The summed E-state index contributed by atoms with van der Waals surface area (Å²) in [4.78, 5) is 4.24. The van der Waals surface area contributed by atoms with Crippen molar-refractivity contribution >= 4 is 17.2 Å². The zero-order valence-electron chi connectivity index (χ0n) is 9.29. The van der Waals surface area contributed by atoms with Crippen LogP contribution >= 0.6 is 0 Å². The Morgan fingerprint density at radius 1 is 1.50 bits per heavy atom. The van der Waals surface area contributed by atoms with Gasteiger partial charge >= 0.3 is 0 Å². The highest BCUT2D eigenvalue weighted by molar-refractivity contribution is 5.69. The smallest absolute Gasteiger partial charge is 0.239 e. The third-order valence-electron chi connectivity index (χ3n) is 2.64. The first kappa shape index (κ1) is 10.8. The Morgan fingerprint density at radius 2 is 2.31 bits per heavy atom. The first-order chi connectivity index (χ1) is 7.70. The van der Waals surface area contributed by atoms with Crippen molar-refractivity contribution in [2.75, 3.05) is 37.0 Å². The normalized spacial score (nSPS) is 19.7. The maximum Gasteiger partial charge on any atom is 0.239 e. The van der Waals surface area contributed by atoms with Gasteiger partial charge in [-0.25, -0.2) is 0 Å². The molecule has 1 fully saturated rings. The van der Waals surface area contributed by atoms with Crippen molar-refractivity contribution in [1.29, 1.82) is 0 Å². The minimum Gasteiger partial charge on any atom is -0.479 e. The summed E-state index contributed by atoms with van der Waals surface area (Å²) in [6.07, 6.45) is 1.06. The predicted octanol–water partition coefficient (Wildman–Crippen LogP) is 0.0284. The molecule has 2 rings (SSSR count). The van der Waals surface area contributed by atoms with Gasteiger partial charge in [-0.3, -0.25) is 0 Å². The van der Waals surface area contributed by atoms with Crippen molar-refractivity contribution in [1.82, 2.24) is 10.3 Å². The molecule has 0 aromatic carbocycles. The Kier molecular flexibility index (Phi) is 3.00. The van der Waals surface area contributed by atoms with E-state index in [2.05, 4.69) is 15.6 Å². The van der Waals surface area contributed by atoms with Gasteiger partial charge in [0.1, 0.15) is 0 Å².